The van der Waals surface area contributed by atoms with Crippen LogP contribution in [0.25, 0.3) is 0 Å². The van der Waals surface area contributed by atoms with Gasteiger partial charge in [0.25, 0.3) is 0 Å². The predicted octanol–water partition coefficient (Wildman–Crippen LogP) is 5.00. The number of methoxy groups -OCH3 is 1. The summed E-state index contributed by atoms with van der Waals surface area (Å²) in [5, 5.41) is 26.6. The molecule has 5 N–H and O–H groups in total. The van der Waals surface area contributed by atoms with E-state index in [0.29, 0.717) is 45.5 Å². The van der Waals surface area contributed by atoms with Gasteiger partial charge < -0.3 is 40.0 Å². The summed E-state index contributed by atoms with van der Waals surface area (Å²) in [4.78, 5) is 32.4. The van der Waals surface area contributed by atoms with Gasteiger partial charge in [-0.1, -0.05) is 41.5 Å². The Hall–Kier alpha value is -2.92. The highest BCUT2D eigenvalue weighted by Crippen LogP contribution is 2.54. The van der Waals surface area contributed by atoms with Gasteiger partial charge >= 0.3 is 0 Å². The molecular weight excluding hydrogens is 797 g/mol. The van der Waals surface area contributed by atoms with E-state index in [9.17, 15) is 9.59 Å². The number of hydrogen-bond acceptors (Lipinski definition) is 11. The second kappa shape index (κ2) is 21.6. The molecule has 2 aromatic heterocycles. The normalized spacial score (nSPS) is 28.0. The number of nitrogens with zero attached hydrogens (tertiary/aromatic N) is 5. The van der Waals surface area contributed by atoms with Crippen LogP contribution < -0.4 is 21.3 Å². The van der Waals surface area contributed by atoms with Crippen molar-refractivity contribution in [1.82, 2.24) is 51.0 Å². The number of aromatic nitrogens is 4. The zero-order chi connectivity index (χ0) is 45.4. The average Bonchev–Trinajstić information content (AvgIpc) is 4.01. The van der Waals surface area contributed by atoms with Crippen LogP contribution in [-0.2, 0) is 43.6 Å². The summed E-state index contributed by atoms with van der Waals surface area (Å²) in [5.74, 6) is 0.577. The number of ether oxygens (including phenoxy) is 3. The van der Waals surface area contributed by atoms with Crippen molar-refractivity contribution in [2.75, 3.05) is 87.3 Å². The lowest BCUT2D eigenvalue weighted by atomic mass is 9.65. The molecule has 0 radical (unpaired) electrons. The number of carbonyl (C=O) groups excluding carboxylic acids is 2. The molecule has 2 saturated carbocycles. The molecule has 2 unspecified atom stereocenters. The van der Waals surface area contributed by atoms with Crippen LogP contribution in [0.5, 0.6) is 0 Å². The minimum atomic E-state index is -0.417. The van der Waals surface area contributed by atoms with E-state index in [-0.39, 0.29) is 46.3 Å². The van der Waals surface area contributed by atoms with Gasteiger partial charge in [-0.3, -0.25) is 24.7 Å². The summed E-state index contributed by atoms with van der Waals surface area (Å²) < 4.78 is 20.5. The lowest BCUT2D eigenvalue weighted by molar-refractivity contribution is -0.142. The van der Waals surface area contributed by atoms with Gasteiger partial charge in [-0.15, -0.1) is 0 Å². The van der Waals surface area contributed by atoms with Crippen molar-refractivity contribution in [3.05, 3.63) is 34.9 Å². The van der Waals surface area contributed by atoms with Crippen LogP contribution in [0.4, 0.5) is 0 Å². The second-order valence-electron chi connectivity index (χ2n) is 21.8. The molecule has 2 spiro atoms. The van der Waals surface area contributed by atoms with Crippen molar-refractivity contribution >= 4 is 11.8 Å². The van der Waals surface area contributed by atoms with E-state index >= 15 is 0 Å². The summed E-state index contributed by atoms with van der Waals surface area (Å²) in [6.07, 6.45) is 11.9. The minimum Gasteiger partial charge on any atom is -0.385 e. The maximum absolute atomic E-state index is 13.9. The van der Waals surface area contributed by atoms with Gasteiger partial charge in [-0.2, -0.15) is 10.2 Å². The molecule has 15 heteroatoms. The first kappa shape index (κ1) is 49.5. The van der Waals surface area contributed by atoms with E-state index < -0.39 is 11.2 Å². The Morgan fingerprint density at radius 3 is 2.10 bits per heavy atom. The largest absolute Gasteiger partial charge is 0.385 e. The van der Waals surface area contributed by atoms with Crippen molar-refractivity contribution in [2.24, 2.45) is 28.6 Å². The number of likely N-dealkylation sites (N-methyl/N-ethyl adjacent to an activating group) is 3. The van der Waals surface area contributed by atoms with Crippen LogP contribution in [-0.4, -0.2) is 140 Å². The van der Waals surface area contributed by atoms with E-state index in [0.717, 1.165) is 108 Å². The zero-order valence-corrected chi connectivity index (χ0v) is 40.7. The maximum atomic E-state index is 13.9. The molecule has 2 aliphatic heterocycles. The first-order chi connectivity index (χ1) is 30.0. The van der Waals surface area contributed by atoms with Gasteiger partial charge in [0.05, 0.1) is 54.8 Å². The molecule has 2 saturated heterocycles. The van der Waals surface area contributed by atoms with E-state index in [2.05, 4.69) is 108 Å². The van der Waals surface area contributed by atoms with E-state index in [1.165, 1.54) is 11.1 Å². The van der Waals surface area contributed by atoms with Crippen LogP contribution >= 0.6 is 0 Å². The highest BCUT2D eigenvalue weighted by molar-refractivity contribution is 5.81. The summed E-state index contributed by atoms with van der Waals surface area (Å²) in [6, 6.07) is 0. The quantitative estimate of drug-likeness (QED) is 0.101. The zero-order valence-electron chi connectivity index (χ0n) is 40.7. The summed E-state index contributed by atoms with van der Waals surface area (Å²) in [5.41, 5.74) is 3.97. The van der Waals surface area contributed by atoms with E-state index in [4.69, 9.17) is 19.3 Å². The molecular formula is C48H84N10O5. The van der Waals surface area contributed by atoms with Crippen LogP contribution in [0.3, 0.4) is 0 Å². The van der Waals surface area contributed by atoms with Crippen LogP contribution in [0.1, 0.15) is 134 Å². The predicted molar refractivity (Wildman–Crippen MR) is 247 cm³/mol. The molecule has 2 amide bonds. The second-order valence-corrected chi connectivity index (χ2v) is 21.8. The Bertz CT molecular complexity index is 1780. The molecule has 0 aromatic carbocycles. The summed E-state index contributed by atoms with van der Waals surface area (Å²) >= 11 is 0. The third-order valence-corrected chi connectivity index (χ3v) is 14.3. The fourth-order valence-electron chi connectivity index (χ4n) is 11.2. The topological polar surface area (TPSA) is 163 Å². The van der Waals surface area contributed by atoms with Crippen molar-refractivity contribution in [3.63, 3.8) is 0 Å². The van der Waals surface area contributed by atoms with Crippen LogP contribution in [0.15, 0.2) is 12.4 Å². The van der Waals surface area contributed by atoms with Gasteiger partial charge in [0.1, 0.15) is 0 Å². The number of hydrogen-bond donors (Lipinski definition) is 5. The minimum absolute atomic E-state index is 0.0552. The monoisotopic (exact) mass is 881 g/mol. The smallest absolute Gasteiger partial charge is 0.226 e. The van der Waals surface area contributed by atoms with Crippen LogP contribution in [0.2, 0.25) is 0 Å². The van der Waals surface area contributed by atoms with Gasteiger partial charge in [0.2, 0.25) is 11.8 Å². The molecule has 356 valence electrons. The average molecular weight is 881 g/mol. The van der Waals surface area contributed by atoms with Gasteiger partial charge in [-0.05, 0) is 95.7 Å². The molecule has 4 fully saturated rings. The standard InChI is InChI=1S/C48H84N10O5/c1-34(2)24-52-44(60)40-23-36(13-15-48(40)30-46(5,6)32-63-48)42-38(27-56(8)19-17-49-7)28-58(55-42)33-50-18-20-57(9)26-37-25-53-54-41(37)35-12-14-47(29-45(3,4)31-62-47)39(22-35)43(59)51-16-11-21-61-10/h25,28,34-36,39-40,49-50H,11-24,26-27,29-33H2,1-10H3,(H,51,59)(H,52,60)(H,53,54)/t35-,36-,39?,40?,47-,48-/m1/s1. The van der Waals surface area contributed by atoms with Crippen molar-refractivity contribution in [1.29, 1.82) is 0 Å². The molecule has 2 aliphatic carbocycles. The number of rotatable bonds is 22. The molecule has 63 heavy (non-hydrogen) atoms. The fraction of sp³-hybridized carbons (Fsp3) is 0.833. The van der Waals surface area contributed by atoms with Crippen molar-refractivity contribution in [3.8, 4) is 0 Å². The molecule has 0 bridgehead atoms. The van der Waals surface area contributed by atoms with Gasteiger partial charge in [0, 0.05) is 101 Å². The van der Waals surface area contributed by atoms with Gasteiger partial charge in [0.15, 0.2) is 0 Å². The number of amides is 2. The van der Waals surface area contributed by atoms with Crippen molar-refractivity contribution < 1.29 is 23.8 Å². The number of aromatic amines is 1. The SMILES string of the molecule is CNCCN(C)Cc1cn(CNCCN(C)Cc2cn[nH]c2[C@@H]2CC[C@@]3(CC(C)(C)CO3)C(C(=O)NCCCOC)C2)nc1[C@@H]1CC[C@@]2(CC(C)(C)CO2)C(C(=O)NCC(C)C)C1. The van der Waals surface area contributed by atoms with E-state index in [1.54, 1.807) is 7.11 Å². The summed E-state index contributed by atoms with van der Waals surface area (Å²) in [6.45, 7) is 22.2. The molecule has 6 atom stereocenters. The third kappa shape index (κ3) is 12.7. The van der Waals surface area contributed by atoms with Crippen molar-refractivity contribution in [2.45, 2.75) is 142 Å². The first-order valence-electron chi connectivity index (χ1n) is 24.1. The van der Waals surface area contributed by atoms with Crippen LogP contribution in [0, 0.1) is 28.6 Å². The Labute approximate surface area is 378 Å². The highest BCUT2D eigenvalue weighted by atomic mass is 16.5. The molecule has 4 aliphatic rings. The molecule has 4 heterocycles. The lowest BCUT2D eigenvalue weighted by Crippen LogP contribution is -2.50. The highest BCUT2D eigenvalue weighted by Gasteiger charge is 2.56. The molecule has 6 rings (SSSR count). The molecule has 15 nitrogen and oxygen atoms in total. The lowest BCUT2D eigenvalue weighted by Gasteiger charge is -2.43. The number of H-pyrrole nitrogens is 1. The molecule has 2 aromatic rings. The number of carbonyl (C=O) groups is 2. The third-order valence-electron chi connectivity index (χ3n) is 14.3. The Morgan fingerprint density at radius 2 is 1.49 bits per heavy atom. The fourth-order valence-corrected chi connectivity index (χ4v) is 11.2. The summed E-state index contributed by atoms with van der Waals surface area (Å²) in [7, 11) is 8.01. The Kier molecular flexibility index (Phi) is 17.0. The van der Waals surface area contributed by atoms with Gasteiger partial charge in [-0.25, -0.2) is 0 Å². The van der Waals surface area contributed by atoms with E-state index in [1.807, 2.05) is 13.2 Å². The number of nitrogens with one attached hydrogen (secondary N) is 5. The first-order valence-corrected chi connectivity index (χ1v) is 24.1. The Morgan fingerprint density at radius 1 is 0.889 bits per heavy atom. The Balaban J connectivity index is 1.07. The maximum Gasteiger partial charge on any atom is 0.226 e.